The van der Waals surface area contributed by atoms with Crippen molar-refractivity contribution in [3.63, 3.8) is 0 Å². The number of anilines is 1. The summed E-state index contributed by atoms with van der Waals surface area (Å²) in [5.74, 6) is -0.135. The predicted molar refractivity (Wildman–Crippen MR) is 97.1 cm³/mol. The molecule has 1 aromatic carbocycles. The second-order valence-corrected chi connectivity index (χ2v) is 5.85. The van der Waals surface area contributed by atoms with Crippen molar-refractivity contribution in [2.45, 2.75) is 33.2 Å². The molecule has 25 heavy (non-hydrogen) atoms. The van der Waals surface area contributed by atoms with Gasteiger partial charge in [-0.3, -0.25) is 9.59 Å². The second-order valence-electron chi connectivity index (χ2n) is 5.85. The van der Waals surface area contributed by atoms with E-state index in [0.29, 0.717) is 11.4 Å². The van der Waals surface area contributed by atoms with Crippen LogP contribution in [0.5, 0.6) is 5.75 Å². The van der Waals surface area contributed by atoms with Gasteiger partial charge in [0.15, 0.2) is 0 Å². The van der Waals surface area contributed by atoms with Gasteiger partial charge < -0.3 is 15.4 Å². The number of aryl methyl sites for hydroxylation is 1. The standard InChI is InChI=1S/C19H23N3O3/c1-5-13(3)20-18(23)14-7-6-8-15(21-14)19(24)22-16-11-12(2)9-10-17(16)25-4/h6-11,13H,5H2,1-4H3,(H,20,23)(H,22,24). The summed E-state index contributed by atoms with van der Waals surface area (Å²) in [4.78, 5) is 28.8. The van der Waals surface area contributed by atoms with Crippen molar-refractivity contribution in [2.24, 2.45) is 0 Å². The molecule has 0 aliphatic carbocycles. The average Bonchev–Trinajstić information content (AvgIpc) is 2.61. The molecular formula is C19H23N3O3. The third-order valence-corrected chi connectivity index (χ3v) is 3.81. The van der Waals surface area contributed by atoms with Crippen LogP contribution >= 0.6 is 0 Å². The molecule has 0 saturated heterocycles. The summed E-state index contributed by atoms with van der Waals surface area (Å²) in [7, 11) is 1.54. The number of nitrogens with one attached hydrogen (secondary N) is 2. The number of aromatic nitrogens is 1. The first-order valence-electron chi connectivity index (χ1n) is 8.18. The van der Waals surface area contributed by atoms with Gasteiger partial charge in [-0.1, -0.05) is 19.1 Å². The molecule has 1 atom stereocenters. The monoisotopic (exact) mass is 341 g/mol. The quantitative estimate of drug-likeness (QED) is 0.846. The zero-order valence-electron chi connectivity index (χ0n) is 14.9. The number of nitrogens with zero attached hydrogens (tertiary/aromatic N) is 1. The zero-order valence-corrected chi connectivity index (χ0v) is 14.9. The van der Waals surface area contributed by atoms with Crippen molar-refractivity contribution >= 4 is 17.5 Å². The maximum absolute atomic E-state index is 12.5. The number of carbonyl (C=O) groups excluding carboxylic acids is 2. The van der Waals surface area contributed by atoms with E-state index >= 15 is 0 Å². The van der Waals surface area contributed by atoms with Crippen molar-refractivity contribution in [1.82, 2.24) is 10.3 Å². The van der Waals surface area contributed by atoms with E-state index in [0.717, 1.165) is 12.0 Å². The Balaban J connectivity index is 2.19. The number of rotatable bonds is 6. The highest BCUT2D eigenvalue weighted by Crippen LogP contribution is 2.25. The largest absolute Gasteiger partial charge is 0.495 e. The van der Waals surface area contributed by atoms with Crippen LogP contribution in [0.25, 0.3) is 0 Å². The molecule has 2 amide bonds. The highest BCUT2D eigenvalue weighted by Gasteiger charge is 2.15. The fourth-order valence-electron chi connectivity index (χ4n) is 2.19. The third kappa shape index (κ3) is 4.79. The van der Waals surface area contributed by atoms with Gasteiger partial charge in [0.2, 0.25) is 0 Å². The van der Waals surface area contributed by atoms with Gasteiger partial charge in [-0.05, 0) is 50.1 Å². The van der Waals surface area contributed by atoms with Crippen LogP contribution in [-0.2, 0) is 0 Å². The molecule has 6 nitrogen and oxygen atoms in total. The summed E-state index contributed by atoms with van der Waals surface area (Å²) >= 11 is 0. The minimum atomic E-state index is -0.401. The molecule has 0 spiro atoms. The normalized spacial score (nSPS) is 11.5. The summed E-state index contributed by atoms with van der Waals surface area (Å²) in [5, 5.41) is 5.61. The molecule has 0 aliphatic heterocycles. The van der Waals surface area contributed by atoms with Crippen molar-refractivity contribution in [3.05, 3.63) is 53.3 Å². The highest BCUT2D eigenvalue weighted by atomic mass is 16.5. The van der Waals surface area contributed by atoms with Gasteiger partial charge in [-0.25, -0.2) is 4.98 Å². The molecule has 1 unspecified atom stereocenters. The number of amides is 2. The van der Waals surface area contributed by atoms with Gasteiger partial charge in [-0.15, -0.1) is 0 Å². The Kier molecular flexibility index (Phi) is 6.11. The molecule has 0 saturated carbocycles. The van der Waals surface area contributed by atoms with Crippen LogP contribution in [0.15, 0.2) is 36.4 Å². The molecule has 132 valence electrons. The van der Waals surface area contributed by atoms with E-state index in [9.17, 15) is 9.59 Å². The minimum Gasteiger partial charge on any atom is -0.495 e. The van der Waals surface area contributed by atoms with E-state index in [-0.39, 0.29) is 23.3 Å². The summed E-state index contributed by atoms with van der Waals surface area (Å²) in [6.45, 7) is 5.82. The number of hydrogen-bond donors (Lipinski definition) is 2. The Morgan fingerprint density at radius 1 is 1.16 bits per heavy atom. The molecule has 0 fully saturated rings. The summed E-state index contributed by atoms with van der Waals surface area (Å²) in [6.07, 6.45) is 0.819. The van der Waals surface area contributed by atoms with Gasteiger partial charge in [-0.2, -0.15) is 0 Å². The smallest absolute Gasteiger partial charge is 0.274 e. The average molecular weight is 341 g/mol. The molecule has 0 radical (unpaired) electrons. The van der Waals surface area contributed by atoms with Crippen molar-refractivity contribution in [2.75, 3.05) is 12.4 Å². The topological polar surface area (TPSA) is 80.3 Å². The van der Waals surface area contributed by atoms with Crippen LogP contribution in [0.2, 0.25) is 0 Å². The minimum absolute atomic E-state index is 0.0448. The first-order valence-corrected chi connectivity index (χ1v) is 8.18. The number of ether oxygens (including phenoxy) is 1. The van der Waals surface area contributed by atoms with Crippen LogP contribution < -0.4 is 15.4 Å². The van der Waals surface area contributed by atoms with Crippen molar-refractivity contribution in [3.8, 4) is 5.75 Å². The lowest BCUT2D eigenvalue weighted by atomic mass is 10.2. The van der Waals surface area contributed by atoms with Gasteiger partial charge in [0, 0.05) is 6.04 Å². The third-order valence-electron chi connectivity index (χ3n) is 3.81. The van der Waals surface area contributed by atoms with Gasteiger partial charge in [0.25, 0.3) is 11.8 Å². The highest BCUT2D eigenvalue weighted by molar-refractivity contribution is 6.04. The molecule has 1 heterocycles. The lowest BCUT2D eigenvalue weighted by Crippen LogP contribution is -2.32. The Morgan fingerprint density at radius 3 is 2.48 bits per heavy atom. The molecule has 2 rings (SSSR count). The number of benzene rings is 1. The van der Waals surface area contributed by atoms with Gasteiger partial charge in [0.05, 0.1) is 12.8 Å². The van der Waals surface area contributed by atoms with Crippen LogP contribution in [0, 0.1) is 6.92 Å². The number of hydrogen-bond acceptors (Lipinski definition) is 4. The SMILES string of the molecule is CCC(C)NC(=O)c1cccc(C(=O)Nc2cc(C)ccc2OC)n1. The first kappa shape index (κ1) is 18.4. The fourth-order valence-corrected chi connectivity index (χ4v) is 2.19. The summed E-state index contributed by atoms with van der Waals surface area (Å²) < 4.78 is 5.26. The molecular weight excluding hydrogens is 318 g/mol. The van der Waals surface area contributed by atoms with E-state index in [4.69, 9.17) is 4.74 Å². The van der Waals surface area contributed by atoms with E-state index in [1.165, 1.54) is 0 Å². The fraction of sp³-hybridized carbons (Fsp3) is 0.316. The summed E-state index contributed by atoms with van der Waals surface area (Å²) in [6, 6.07) is 10.3. The van der Waals surface area contributed by atoms with Crippen LogP contribution in [0.1, 0.15) is 46.8 Å². The number of methoxy groups -OCH3 is 1. The Bertz CT molecular complexity index is 774. The van der Waals surface area contributed by atoms with Crippen LogP contribution in [0.3, 0.4) is 0 Å². The number of pyridine rings is 1. The van der Waals surface area contributed by atoms with E-state index in [1.54, 1.807) is 31.4 Å². The Hall–Kier alpha value is -2.89. The zero-order chi connectivity index (χ0) is 18.4. The second kappa shape index (κ2) is 8.28. The number of carbonyl (C=O) groups is 2. The Morgan fingerprint density at radius 2 is 1.84 bits per heavy atom. The van der Waals surface area contributed by atoms with E-state index in [1.807, 2.05) is 32.9 Å². The summed E-state index contributed by atoms with van der Waals surface area (Å²) in [5.41, 5.74) is 1.93. The predicted octanol–water partition coefficient (Wildman–Crippen LogP) is 3.18. The molecule has 0 aliphatic rings. The molecule has 1 aromatic heterocycles. The van der Waals surface area contributed by atoms with E-state index in [2.05, 4.69) is 15.6 Å². The molecule has 6 heteroatoms. The Labute approximate surface area is 147 Å². The first-order chi connectivity index (χ1) is 11.9. The molecule has 2 aromatic rings. The maximum atomic E-state index is 12.5. The maximum Gasteiger partial charge on any atom is 0.274 e. The lowest BCUT2D eigenvalue weighted by molar-refractivity contribution is 0.0934. The van der Waals surface area contributed by atoms with E-state index < -0.39 is 5.91 Å². The van der Waals surface area contributed by atoms with Crippen LogP contribution in [0.4, 0.5) is 5.69 Å². The van der Waals surface area contributed by atoms with Gasteiger partial charge in [0.1, 0.15) is 17.1 Å². The lowest BCUT2D eigenvalue weighted by Gasteiger charge is -2.12. The van der Waals surface area contributed by atoms with Crippen LogP contribution in [-0.4, -0.2) is 29.9 Å². The molecule has 0 bridgehead atoms. The van der Waals surface area contributed by atoms with Crippen molar-refractivity contribution < 1.29 is 14.3 Å². The van der Waals surface area contributed by atoms with Gasteiger partial charge >= 0.3 is 0 Å². The molecule has 2 N–H and O–H groups in total. The van der Waals surface area contributed by atoms with Crippen molar-refractivity contribution in [1.29, 1.82) is 0 Å².